The zero-order chi connectivity index (χ0) is 19.1. The molecule has 0 saturated heterocycles. The van der Waals surface area contributed by atoms with Crippen LogP contribution in [0.2, 0.25) is 5.02 Å². The van der Waals surface area contributed by atoms with Gasteiger partial charge in [-0.05, 0) is 50.1 Å². The van der Waals surface area contributed by atoms with Crippen molar-refractivity contribution in [2.75, 3.05) is 12.3 Å². The van der Waals surface area contributed by atoms with Crippen LogP contribution in [-0.2, 0) is 10.5 Å². The van der Waals surface area contributed by atoms with Gasteiger partial charge in [0.2, 0.25) is 0 Å². The van der Waals surface area contributed by atoms with Crippen LogP contribution in [0.3, 0.4) is 0 Å². The normalized spacial score (nSPS) is 11.9. The SMILES string of the molecule is Cc1cccc(OC(C)C(=O)NCCSCc2c(F)cccc2Cl)c1C. The van der Waals surface area contributed by atoms with E-state index in [1.165, 1.54) is 17.8 Å². The fourth-order valence-electron chi connectivity index (χ4n) is 2.33. The number of hydrogen-bond acceptors (Lipinski definition) is 3. The van der Waals surface area contributed by atoms with E-state index >= 15 is 0 Å². The molecule has 140 valence electrons. The molecule has 2 rings (SSSR count). The molecule has 0 radical (unpaired) electrons. The van der Waals surface area contributed by atoms with E-state index in [0.29, 0.717) is 28.6 Å². The molecule has 0 spiro atoms. The summed E-state index contributed by atoms with van der Waals surface area (Å²) in [7, 11) is 0. The van der Waals surface area contributed by atoms with E-state index < -0.39 is 6.10 Å². The molecule has 3 nitrogen and oxygen atoms in total. The third kappa shape index (κ3) is 5.64. The van der Waals surface area contributed by atoms with Crippen LogP contribution in [0.25, 0.3) is 0 Å². The number of ether oxygens (including phenoxy) is 1. The molecule has 0 aromatic heterocycles. The van der Waals surface area contributed by atoms with E-state index in [4.69, 9.17) is 16.3 Å². The van der Waals surface area contributed by atoms with E-state index in [1.807, 2.05) is 32.0 Å². The highest BCUT2D eigenvalue weighted by Gasteiger charge is 2.15. The predicted molar refractivity (Wildman–Crippen MR) is 107 cm³/mol. The number of nitrogens with one attached hydrogen (secondary N) is 1. The molecule has 0 saturated carbocycles. The molecule has 1 atom stereocenters. The quantitative estimate of drug-likeness (QED) is 0.645. The van der Waals surface area contributed by atoms with E-state index in [2.05, 4.69) is 5.32 Å². The number of carbonyl (C=O) groups is 1. The smallest absolute Gasteiger partial charge is 0.260 e. The van der Waals surface area contributed by atoms with E-state index in [0.717, 1.165) is 16.9 Å². The Bertz CT molecular complexity index is 749. The van der Waals surface area contributed by atoms with Crippen LogP contribution in [0.1, 0.15) is 23.6 Å². The Morgan fingerprint density at radius 2 is 2.00 bits per heavy atom. The molecule has 6 heteroatoms. The summed E-state index contributed by atoms with van der Waals surface area (Å²) < 4.78 is 19.4. The van der Waals surface area contributed by atoms with Crippen molar-refractivity contribution >= 4 is 29.3 Å². The van der Waals surface area contributed by atoms with Gasteiger partial charge >= 0.3 is 0 Å². The van der Waals surface area contributed by atoms with Crippen molar-refractivity contribution in [3.05, 3.63) is 63.9 Å². The Labute approximate surface area is 163 Å². The fourth-order valence-corrected chi connectivity index (χ4v) is 3.53. The van der Waals surface area contributed by atoms with Gasteiger partial charge < -0.3 is 10.1 Å². The first-order valence-corrected chi connectivity index (χ1v) is 9.94. The van der Waals surface area contributed by atoms with Gasteiger partial charge in [-0.1, -0.05) is 29.8 Å². The minimum Gasteiger partial charge on any atom is -0.481 e. The number of thioether (sulfide) groups is 1. The zero-order valence-corrected chi connectivity index (χ0v) is 16.7. The lowest BCUT2D eigenvalue weighted by Gasteiger charge is -2.17. The van der Waals surface area contributed by atoms with E-state index in [9.17, 15) is 9.18 Å². The molecule has 0 aliphatic heterocycles. The number of amides is 1. The summed E-state index contributed by atoms with van der Waals surface area (Å²) in [6, 6.07) is 10.4. The minimum absolute atomic E-state index is 0.171. The maximum absolute atomic E-state index is 13.7. The molecule has 0 fully saturated rings. The summed E-state index contributed by atoms with van der Waals surface area (Å²) in [5, 5.41) is 3.27. The average Bonchev–Trinajstić information content (AvgIpc) is 2.60. The molecule has 0 aliphatic carbocycles. The molecule has 0 heterocycles. The summed E-state index contributed by atoms with van der Waals surface area (Å²) in [6.45, 7) is 6.19. The maximum atomic E-state index is 13.7. The Balaban J connectivity index is 1.74. The number of halogens is 2. The highest BCUT2D eigenvalue weighted by molar-refractivity contribution is 7.98. The number of aryl methyl sites for hydroxylation is 1. The van der Waals surface area contributed by atoms with Gasteiger partial charge in [0, 0.05) is 28.6 Å². The van der Waals surface area contributed by atoms with Crippen LogP contribution >= 0.6 is 23.4 Å². The van der Waals surface area contributed by atoms with Gasteiger partial charge in [0.1, 0.15) is 11.6 Å². The maximum Gasteiger partial charge on any atom is 0.260 e. The van der Waals surface area contributed by atoms with Crippen molar-refractivity contribution in [3.63, 3.8) is 0 Å². The van der Waals surface area contributed by atoms with Crippen LogP contribution in [-0.4, -0.2) is 24.3 Å². The first-order chi connectivity index (χ1) is 12.4. The molecular formula is C20H23ClFNO2S. The fraction of sp³-hybridized carbons (Fsp3) is 0.350. The first-order valence-electron chi connectivity index (χ1n) is 8.41. The van der Waals surface area contributed by atoms with Crippen molar-refractivity contribution in [1.29, 1.82) is 0 Å². The highest BCUT2D eigenvalue weighted by atomic mass is 35.5. The van der Waals surface area contributed by atoms with Gasteiger partial charge in [-0.2, -0.15) is 11.8 Å². The second-order valence-electron chi connectivity index (χ2n) is 6.00. The summed E-state index contributed by atoms with van der Waals surface area (Å²) in [5.41, 5.74) is 2.65. The summed E-state index contributed by atoms with van der Waals surface area (Å²) in [6.07, 6.45) is -0.582. The number of benzene rings is 2. The van der Waals surface area contributed by atoms with Gasteiger partial charge in [-0.3, -0.25) is 4.79 Å². The molecule has 0 aliphatic rings. The zero-order valence-electron chi connectivity index (χ0n) is 15.1. The molecule has 26 heavy (non-hydrogen) atoms. The average molecular weight is 396 g/mol. The molecule has 1 N–H and O–H groups in total. The van der Waals surface area contributed by atoms with E-state index in [1.54, 1.807) is 19.1 Å². The van der Waals surface area contributed by atoms with E-state index in [-0.39, 0.29) is 11.7 Å². The third-order valence-electron chi connectivity index (χ3n) is 4.08. The highest BCUT2D eigenvalue weighted by Crippen LogP contribution is 2.24. The molecule has 1 amide bonds. The first kappa shape index (κ1) is 20.6. The molecule has 2 aromatic rings. The van der Waals surface area contributed by atoms with Crippen molar-refractivity contribution in [2.45, 2.75) is 32.6 Å². The van der Waals surface area contributed by atoms with Crippen LogP contribution in [0.15, 0.2) is 36.4 Å². The lowest BCUT2D eigenvalue weighted by Crippen LogP contribution is -2.37. The second kappa shape index (κ2) is 9.83. The largest absolute Gasteiger partial charge is 0.481 e. The number of rotatable bonds is 8. The van der Waals surface area contributed by atoms with Crippen molar-refractivity contribution in [3.8, 4) is 5.75 Å². The van der Waals surface area contributed by atoms with Gasteiger partial charge in [0.15, 0.2) is 6.10 Å². The Hall–Kier alpha value is -1.72. The van der Waals surface area contributed by atoms with Crippen LogP contribution in [0.4, 0.5) is 4.39 Å². The number of carbonyl (C=O) groups excluding carboxylic acids is 1. The second-order valence-corrected chi connectivity index (χ2v) is 7.51. The van der Waals surface area contributed by atoms with Gasteiger partial charge in [-0.15, -0.1) is 0 Å². The molecule has 0 bridgehead atoms. The Morgan fingerprint density at radius 1 is 1.27 bits per heavy atom. The minimum atomic E-state index is -0.582. The third-order valence-corrected chi connectivity index (χ3v) is 5.42. The van der Waals surface area contributed by atoms with Gasteiger partial charge in [0.25, 0.3) is 5.91 Å². The predicted octanol–water partition coefficient (Wildman–Crippen LogP) is 4.91. The lowest BCUT2D eigenvalue weighted by molar-refractivity contribution is -0.127. The summed E-state index contributed by atoms with van der Waals surface area (Å²) in [5.74, 6) is 1.37. The molecule has 1 unspecified atom stereocenters. The Morgan fingerprint density at radius 3 is 2.73 bits per heavy atom. The number of hydrogen-bond donors (Lipinski definition) is 1. The monoisotopic (exact) mass is 395 g/mol. The Kier molecular flexibility index (Phi) is 7.79. The molecule has 2 aromatic carbocycles. The van der Waals surface area contributed by atoms with Crippen LogP contribution in [0.5, 0.6) is 5.75 Å². The lowest BCUT2D eigenvalue weighted by atomic mass is 10.1. The summed E-state index contributed by atoms with van der Waals surface area (Å²) >= 11 is 7.51. The van der Waals surface area contributed by atoms with Crippen LogP contribution in [0, 0.1) is 19.7 Å². The van der Waals surface area contributed by atoms with Gasteiger partial charge in [-0.25, -0.2) is 4.39 Å². The van der Waals surface area contributed by atoms with Crippen molar-refractivity contribution in [1.82, 2.24) is 5.32 Å². The van der Waals surface area contributed by atoms with Crippen LogP contribution < -0.4 is 10.1 Å². The molecular weight excluding hydrogens is 373 g/mol. The standard InChI is InChI=1S/C20H23ClFNO2S/c1-13-6-4-9-19(14(13)2)25-15(3)20(24)23-10-11-26-12-16-17(21)7-5-8-18(16)22/h4-9,15H,10-12H2,1-3H3,(H,23,24). The summed E-state index contributed by atoms with van der Waals surface area (Å²) in [4.78, 5) is 12.2. The van der Waals surface area contributed by atoms with Crippen molar-refractivity contribution < 1.29 is 13.9 Å². The topological polar surface area (TPSA) is 38.3 Å². The van der Waals surface area contributed by atoms with Gasteiger partial charge in [0.05, 0.1) is 0 Å². The van der Waals surface area contributed by atoms with Crippen molar-refractivity contribution in [2.24, 2.45) is 0 Å².